The molecule has 0 bridgehead atoms. The van der Waals surface area contributed by atoms with Gasteiger partial charge < -0.3 is 4.90 Å². The van der Waals surface area contributed by atoms with Crippen molar-refractivity contribution in [3.63, 3.8) is 0 Å². The molecule has 1 aromatic rings. The molecule has 1 aliphatic rings. The predicted octanol–water partition coefficient (Wildman–Crippen LogP) is 3.55. The van der Waals surface area contributed by atoms with Crippen molar-refractivity contribution in [3.05, 3.63) is 35.1 Å². The van der Waals surface area contributed by atoms with Crippen molar-refractivity contribution in [2.45, 2.75) is 25.9 Å². The topological polar surface area (TPSA) is 20.3 Å². The number of piperidine rings is 1. The molecule has 6 heteroatoms. The molecular formula is C14H15F4NO. The molecule has 1 aromatic carbocycles. The molecule has 0 radical (unpaired) electrons. The highest BCUT2D eigenvalue weighted by Gasteiger charge is 2.41. The van der Waals surface area contributed by atoms with Crippen molar-refractivity contribution in [2.75, 3.05) is 13.1 Å². The number of aryl methyl sites for hydroxylation is 1. The van der Waals surface area contributed by atoms with Gasteiger partial charge in [-0.3, -0.25) is 4.79 Å². The van der Waals surface area contributed by atoms with Crippen LogP contribution < -0.4 is 0 Å². The molecule has 0 N–H and O–H groups in total. The Morgan fingerprint density at radius 2 is 1.85 bits per heavy atom. The van der Waals surface area contributed by atoms with Crippen molar-refractivity contribution in [3.8, 4) is 0 Å². The summed E-state index contributed by atoms with van der Waals surface area (Å²) in [5.74, 6) is -2.08. The second-order valence-corrected chi connectivity index (χ2v) is 5.07. The third-order valence-corrected chi connectivity index (χ3v) is 3.65. The zero-order valence-corrected chi connectivity index (χ0v) is 11.0. The van der Waals surface area contributed by atoms with Gasteiger partial charge in [0.15, 0.2) is 0 Å². The van der Waals surface area contributed by atoms with Gasteiger partial charge in [-0.05, 0) is 43.5 Å². The Kier molecular flexibility index (Phi) is 4.01. The number of hydrogen-bond donors (Lipinski definition) is 0. The van der Waals surface area contributed by atoms with Crippen LogP contribution in [0.25, 0.3) is 0 Å². The highest BCUT2D eigenvalue weighted by molar-refractivity contribution is 5.94. The third kappa shape index (κ3) is 3.11. The first kappa shape index (κ1) is 14.8. The van der Waals surface area contributed by atoms with Gasteiger partial charge in [-0.2, -0.15) is 13.2 Å². The van der Waals surface area contributed by atoms with Gasteiger partial charge in [-0.25, -0.2) is 4.39 Å². The van der Waals surface area contributed by atoms with Crippen LogP contribution in [-0.4, -0.2) is 30.1 Å². The van der Waals surface area contributed by atoms with Crippen LogP contribution >= 0.6 is 0 Å². The molecule has 1 saturated heterocycles. The average molecular weight is 289 g/mol. The fourth-order valence-corrected chi connectivity index (χ4v) is 2.37. The van der Waals surface area contributed by atoms with E-state index in [2.05, 4.69) is 0 Å². The monoisotopic (exact) mass is 289 g/mol. The van der Waals surface area contributed by atoms with E-state index in [1.807, 2.05) is 0 Å². The van der Waals surface area contributed by atoms with Crippen LogP contribution in [0, 0.1) is 18.7 Å². The Morgan fingerprint density at radius 3 is 2.35 bits per heavy atom. The van der Waals surface area contributed by atoms with Gasteiger partial charge >= 0.3 is 6.18 Å². The summed E-state index contributed by atoms with van der Waals surface area (Å²) < 4.78 is 50.8. The molecule has 1 heterocycles. The Hall–Kier alpha value is -1.59. The maximum atomic E-state index is 13.1. The lowest BCUT2D eigenvalue weighted by Crippen LogP contribution is -2.42. The Bertz CT molecular complexity index is 504. The minimum atomic E-state index is -4.19. The fourth-order valence-electron chi connectivity index (χ4n) is 2.37. The molecule has 0 saturated carbocycles. The lowest BCUT2D eigenvalue weighted by Gasteiger charge is -2.33. The van der Waals surface area contributed by atoms with E-state index in [0.29, 0.717) is 11.1 Å². The number of likely N-dealkylation sites (tertiary alicyclic amines) is 1. The van der Waals surface area contributed by atoms with E-state index in [1.165, 1.54) is 23.1 Å². The van der Waals surface area contributed by atoms with Gasteiger partial charge in [-0.15, -0.1) is 0 Å². The van der Waals surface area contributed by atoms with Gasteiger partial charge in [0.2, 0.25) is 0 Å². The lowest BCUT2D eigenvalue weighted by atomic mass is 9.95. The summed E-state index contributed by atoms with van der Waals surface area (Å²) in [7, 11) is 0. The highest BCUT2D eigenvalue weighted by Crippen LogP contribution is 2.34. The minimum absolute atomic E-state index is 0.0740. The molecule has 2 nitrogen and oxygen atoms in total. The van der Waals surface area contributed by atoms with E-state index >= 15 is 0 Å². The number of amides is 1. The number of benzene rings is 1. The molecule has 2 rings (SSSR count). The van der Waals surface area contributed by atoms with E-state index < -0.39 is 17.9 Å². The van der Waals surface area contributed by atoms with Crippen LogP contribution in [0.4, 0.5) is 17.6 Å². The zero-order valence-electron chi connectivity index (χ0n) is 11.0. The molecule has 1 fully saturated rings. The first-order valence-corrected chi connectivity index (χ1v) is 6.41. The molecular weight excluding hydrogens is 274 g/mol. The van der Waals surface area contributed by atoms with E-state index in [0.717, 1.165) is 0 Å². The summed E-state index contributed by atoms with van der Waals surface area (Å²) in [5, 5.41) is 0. The van der Waals surface area contributed by atoms with E-state index in [4.69, 9.17) is 0 Å². The van der Waals surface area contributed by atoms with Crippen molar-refractivity contribution in [2.24, 2.45) is 5.92 Å². The van der Waals surface area contributed by atoms with E-state index in [9.17, 15) is 22.4 Å². The molecule has 20 heavy (non-hydrogen) atoms. The van der Waals surface area contributed by atoms with Crippen LogP contribution in [0.15, 0.2) is 18.2 Å². The SMILES string of the molecule is Cc1cc(C(=O)N2CCC(C(F)(F)F)CC2)ccc1F. The molecule has 1 amide bonds. The van der Waals surface area contributed by atoms with Gasteiger partial charge in [0.25, 0.3) is 5.91 Å². The molecule has 0 spiro atoms. The summed E-state index contributed by atoms with van der Waals surface area (Å²) in [5.41, 5.74) is 0.662. The minimum Gasteiger partial charge on any atom is -0.339 e. The van der Waals surface area contributed by atoms with Crippen LogP contribution in [0.1, 0.15) is 28.8 Å². The first-order valence-electron chi connectivity index (χ1n) is 6.41. The maximum absolute atomic E-state index is 13.1. The lowest BCUT2D eigenvalue weighted by molar-refractivity contribution is -0.183. The predicted molar refractivity (Wildman–Crippen MR) is 65.8 cm³/mol. The number of nitrogens with zero attached hydrogens (tertiary/aromatic N) is 1. The molecule has 0 aromatic heterocycles. The van der Waals surface area contributed by atoms with Gasteiger partial charge in [-0.1, -0.05) is 0 Å². The van der Waals surface area contributed by atoms with E-state index in [-0.39, 0.29) is 31.8 Å². The summed E-state index contributed by atoms with van der Waals surface area (Å²) in [6, 6.07) is 3.99. The first-order chi connectivity index (χ1) is 9.29. The smallest absolute Gasteiger partial charge is 0.339 e. The van der Waals surface area contributed by atoms with Crippen LogP contribution in [0.5, 0.6) is 0 Å². The summed E-state index contributed by atoms with van der Waals surface area (Å²) in [4.78, 5) is 13.5. The second kappa shape index (κ2) is 5.42. The van der Waals surface area contributed by atoms with Crippen molar-refractivity contribution in [1.82, 2.24) is 4.90 Å². The molecule has 0 unspecified atom stereocenters. The number of carbonyl (C=O) groups is 1. The average Bonchev–Trinajstić information content (AvgIpc) is 2.40. The Labute approximate surface area is 114 Å². The number of carbonyl (C=O) groups excluding carboxylic acids is 1. The van der Waals surface area contributed by atoms with Crippen LogP contribution in [-0.2, 0) is 0 Å². The zero-order chi connectivity index (χ0) is 14.9. The Morgan fingerprint density at radius 1 is 1.25 bits per heavy atom. The largest absolute Gasteiger partial charge is 0.391 e. The fraction of sp³-hybridized carbons (Fsp3) is 0.500. The van der Waals surface area contributed by atoms with Crippen molar-refractivity contribution < 1.29 is 22.4 Å². The van der Waals surface area contributed by atoms with Gasteiger partial charge in [0.05, 0.1) is 5.92 Å². The summed E-state index contributed by atoms with van der Waals surface area (Å²) >= 11 is 0. The molecule has 110 valence electrons. The van der Waals surface area contributed by atoms with Crippen LogP contribution in [0.3, 0.4) is 0 Å². The normalized spacial score (nSPS) is 17.4. The quantitative estimate of drug-likeness (QED) is 0.724. The number of rotatable bonds is 1. The van der Waals surface area contributed by atoms with Crippen molar-refractivity contribution >= 4 is 5.91 Å². The summed E-state index contributed by atoms with van der Waals surface area (Å²) in [6.07, 6.45) is -4.34. The number of halogens is 4. The van der Waals surface area contributed by atoms with Gasteiger partial charge in [0.1, 0.15) is 5.82 Å². The summed E-state index contributed by atoms with van der Waals surface area (Å²) in [6.45, 7) is 1.71. The van der Waals surface area contributed by atoms with Gasteiger partial charge in [0, 0.05) is 18.7 Å². The van der Waals surface area contributed by atoms with Crippen LogP contribution in [0.2, 0.25) is 0 Å². The Balaban J connectivity index is 2.03. The number of hydrogen-bond acceptors (Lipinski definition) is 1. The maximum Gasteiger partial charge on any atom is 0.391 e. The van der Waals surface area contributed by atoms with Crippen molar-refractivity contribution in [1.29, 1.82) is 0 Å². The molecule has 1 aliphatic heterocycles. The standard InChI is InChI=1S/C14H15F4NO/c1-9-8-10(2-3-12(9)15)13(20)19-6-4-11(5-7-19)14(16,17)18/h2-3,8,11H,4-7H2,1H3. The third-order valence-electron chi connectivity index (χ3n) is 3.65. The van der Waals surface area contributed by atoms with E-state index in [1.54, 1.807) is 6.92 Å². The second-order valence-electron chi connectivity index (χ2n) is 5.07. The molecule has 0 atom stereocenters. The highest BCUT2D eigenvalue weighted by atomic mass is 19.4. The molecule has 0 aliphatic carbocycles. The number of alkyl halides is 3.